The van der Waals surface area contributed by atoms with Crippen LogP contribution in [-0.4, -0.2) is 32.2 Å². The first-order valence-electron chi connectivity index (χ1n) is 10.4. The fraction of sp³-hybridized carbons (Fsp3) is 0.250. The van der Waals surface area contributed by atoms with Gasteiger partial charge in [-0.05, 0) is 67.8 Å². The summed E-state index contributed by atoms with van der Waals surface area (Å²) in [6, 6.07) is 13.2. The van der Waals surface area contributed by atoms with E-state index >= 15 is 0 Å². The van der Waals surface area contributed by atoms with Gasteiger partial charge in [-0.25, -0.2) is 0 Å². The second-order valence-corrected chi connectivity index (χ2v) is 7.76. The molecule has 0 aliphatic rings. The zero-order valence-corrected chi connectivity index (χ0v) is 18.3. The van der Waals surface area contributed by atoms with Gasteiger partial charge in [-0.3, -0.25) is 18.6 Å². The molecule has 8 nitrogen and oxygen atoms in total. The Morgan fingerprint density at radius 2 is 1.75 bits per heavy atom. The molecule has 0 atom stereocenters. The van der Waals surface area contributed by atoms with Gasteiger partial charge in [-0.15, -0.1) is 10.2 Å². The summed E-state index contributed by atoms with van der Waals surface area (Å²) >= 11 is 0. The SMILES string of the molecule is COc1ccc(NC(=O)CCCc2nnc3c(=O)n(-c4cc(C)cc(C)c4)ccn23)cc1. The van der Waals surface area contributed by atoms with Crippen LogP contribution in [0.2, 0.25) is 0 Å². The van der Waals surface area contributed by atoms with Crippen LogP contribution in [0, 0.1) is 13.8 Å². The Labute approximate surface area is 185 Å². The van der Waals surface area contributed by atoms with Crippen molar-refractivity contribution in [3.8, 4) is 11.4 Å². The number of hydrogen-bond acceptors (Lipinski definition) is 5. The first-order valence-corrected chi connectivity index (χ1v) is 10.4. The third-order valence-corrected chi connectivity index (χ3v) is 5.20. The molecule has 0 saturated carbocycles. The summed E-state index contributed by atoms with van der Waals surface area (Å²) in [4.78, 5) is 25.2. The first kappa shape index (κ1) is 21.3. The lowest BCUT2D eigenvalue weighted by Crippen LogP contribution is -2.20. The minimum atomic E-state index is -0.228. The van der Waals surface area contributed by atoms with E-state index in [1.807, 2.05) is 26.0 Å². The molecule has 4 rings (SSSR count). The Morgan fingerprint density at radius 1 is 1.03 bits per heavy atom. The Balaban J connectivity index is 1.43. The maximum atomic E-state index is 13.0. The predicted molar refractivity (Wildman–Crippen MR) is 123 cm³/mol. The average molecular weight is 431 g/mol. The van der Waals surface area contributed by atoms with Crippen LogP contribution in [-0.2, 0) is 11.2 Å². The molecule has 164 valence electrons. The van der Waals surface area contributed by atoms with Gasteiger partial charge >= 0.3 is 5.56 Å². The second-order valence-electron chi connectivity index (χ2n) is 7.76. The summed E-state index contributed by atoms with van der Waals surface area (Å²) in [6.45, 7) is 4.00. The van der Waals surface area contributed by atoms with E-state index in [4.69, 9.17) is 4.74 Å². The molecule has 2 heterocycles. The molecule has 0 aliphatic carbocycles. The van der Waals surface area contributed by atoms with Gasteiger partial charge in [0.15, 0.2) is 0 Å². The third kappa shape index (κ3) is 4.54. The highest BCUT2D eigenvalue weighted by Crippen LogP contribution is 2.16. The highest BCUT2D eigenvalue weighted by molar-refractivity contribution is 5.90. The van der Waals surface area contributed by atoms with Crippen molar-refractivity contribution in [1.29, 1.82) is 0 Å². The topological polar surface area (TPSA) is 90.5 Å². The fourth-order valence-electron chi connectivity index (χ4n) is 3.70. The zero-order valence-electron chi connectivity index (χ0n) is 18.3. The van der Waals surface area contributed by atoms with Crippen LogP contribution in [0.15, 0.2) is 59.7 Å². The van der Waals surface area contributed by atoms with Crippen LogP contribution in [0.1, 0.15) is 29.8 Å². The number of benzene rings is 2. The molecule has 8 heteroatoms. The van der Waals surface area contributed by atoms with E-state index in [1.54, 1.807) is 52.7 Å². The van der Waals surface area contributed by atoms with Crippen molar-refractivity contribution in [3.05, 3.63) is 82.2 Å². The summed E-state index contributed by atoms with van der Waals surface area (Å²) in [5, 5.41) is 11.1. The number of anilines is 1. The van der Waals surface area contributed by atoms with E-state index in [1.165, 1.54) is 0 Å². The Morgan fingerprint density at radius 3 is 2.44 bits per heavy atom. The summed E-state index contributed by atoms with van der Waals surface area (Å²) in [5.41, 5.74) is 3.73. The van der Waals surface area contributed by atoms with E-state index in [9.17, 15) is 9.59 Å². The number of aromatic nitrogens is 4. The molecule has 0 radical (unpaired) electrons. The molecule has 0 bridgehead atoms. The van der Waals surface area contributed by atoms with Gasteiger partial charge in [0.1, 0.15) is 11.6 Å². The van der Waals surface area contributed by atoms with Crippen molar-refractivity contribution in [1.82, 2.24) is 19.2 Å². The number of rotatable bonds is 7. The minimum absolute atomic E-state index is 0.0823. The van der Waals surface area contributed by atoms with Crippen molar-refractivity contribution in [3.63, 3.8) is 0 Å². The van der Waals surface area contributed by atoms with Crippen molar-refractivity contribution < 1.29 is 9.53 Å². The Bertz CT molecular complexity index is 1300. The number of aryl methyl sites for hydroxylation is 3. The van der Waals surface area contributed by atoms with E-state index < -0.39 is 0 Å². The molecule has 1 amide bonds. The lowest BCUT2D eigenvalue weighted by Gasteiger charge is -2.09. The number of fused-ring (bicyclic) bond motifs is 1. The van der Waals surface area contributed by atoms with E-state index in [0.29, 0.717) is 25.1 Å². The molecule has 2 aromatic carbocycles. The highest BCUT2D eigenvalue weighted by Gasteiger charge is 2.13. The summed E-state index contributed by atoms with van der Waals surface area (Å²) < 4.78 is 8.39. The van der Waals surface area contributed by atoms with Crippen molar-refractivity contribution in [2.24, 2.45) is 0 Å². The number of nitrogens with one attached hydrogen (secondary N) is 1. The Hall–Kier alpha value is -3.94. The van der Waals surface area contributed by atoms with Gasteiger partial charge < -0.3 is 10.1 Å². The van der Waals surface area contributed by atoms with Crippen molar-refractivity contribution in [2.75, 3.05) is 12.4 Å². The first-order chi connectivity index (χ1) is 15.4. The maximum absolute atomic E-state index is 13.0. The molecule has 4 aromatic rings. The number of hydrogen-bond donors (Lipinski definition) is 1. The van der Waals surface area contributed by atoms with Crippen LogP contribution in [0.3, 0.4) is 0 Å². The molecular formula is C24H25N5O3. The van der Waals surface area contributed by atoms with Crippen LogP contribution < -0.4 is 15.6 Å². The van der Waals surface area contributed by atoms with Crippen LogP contribution in [0.25, 0.3) is 11.3 Å². The lowest BCUT2D eigenvalue weighted by molar-refractivity contribution is -0.116. The number of amides is 1. The van der Waals surface area contributed by atoms with Crippen molar-refractivity contribution in [2.45, 2.75) is 33.1 Å². The molecule has 0 fully saturated rings. The largest absolute Gasteiger partial charge is 0.497 e. The van der Waals surface area contributed by atoms with Crippen LogP contribution in [0.5, 0.6) is 5.75 Å². The van der Waals surface area contributed by atoms with Gasteiger partial charge in [0.2, 0.25) is 11.6 Å². The van der Waals surface area contributed by atoms with Gasteiger partial charge in [0.05, 0.1) is 7.11 Å². The van der Waals surface area contributed by atoms with Gasteiger partial charge in [-0.2, -0.15) is 0 Å². The molecule has 0 aliphatic heterocycles. The van der Waals surface area contributed by atoms with Gasteiger partial charge in [0.25, 0.3) is 0 Å². The second kappa shape index (κ2) is 9.05. The summed E-state index contributed by atoms with van der Waals surface area (Å²) in [7, 11) is 1.60. The molecule has 0 saturated heterocycles. The normalized spacial score (nSPS) is 11.0. The number of carbonyl (C=O) groups is 1. The molecule has 32 heavy (non-hydrogen) atoms. The number of nitrogens with zero attached hydrogens (tertiary/aromatic N) is 4. The molecule has 1 N–H and O–H groups in total. The lowest BCUT2D eigenvalue weighted by atomic mass is 10.1. The third-order valence-electron chi connectivity index (χ3n) is 5.20. The van der Waals surface area contributed by atoms with Gasteiger partial charge in [-0.1, -0.05) is 6.07 Å². The quantitative estimate of drug-likeness (QED) is 0.484. The number of carbonyl (C=O) groups excluding carboxylic acids is 1. The number of ether oxygens (including phenoxy) is 1. The highest BCUT2D eigenvalue weighted by atomic mass is 16.5. The average Bonchev–Trinajstić information content (AvgIpc) is 3.18. The molecule has 2 aromatic heterocycles. The monoisotopic (exact) mass is 431 g/mol. The smallest absolute Gasteiger partial charge is 0.300 e. The number of methoxy groups -OCH3 is 1. The molecule has 0 spiro atoms. The predicted octanol–water partition coefficient (Wildman–Crippen LogP) is 3.47. The zero-order chi connectivity index (χ0) is 22.7. The van der Waals surface area contributed by atoms with Crippen molar-refractivity contribution >= 4 is 17.2 Å². The maximum Gasteiger partial charge on any atom is 0.300 e. The summed E-state index contributed by atoms with van der Waals surface area (Å²) in [5.74, 6) is 1.31. The summed E-state index contributed by atoms with van der Waals surface area (Å²) in [6.07, 6.45) is 4.97. The van der Waals surface area contributed by atoms with Crippen LogP contribution in [0.4, 0.5) is 5.69 Å². The standard InChI is InChI=1S/C24H25N5O3/c1-16-13-17(2)15-19(14-16)28-11-12-29-21(26-27-23(29)24(28)31)5-4-6-22(30)25-18-7-9-20(32-3)10-8-18/h7-15H,4-6H2,1-3H3,(H,25,30). The molecular weight excluding hydrogens is 406 g/mol. The van der Waals surface area contributed by atoms with E-state index in [-0.39, 0.29) is 17.1 Å². The van der Waals surface area contributed by atoms with E-state index in [2.05, 4.69) is 21.6 Å². The van der Waals surface area contributed by atoms with E-state index in [0.717, 1.165) is 28.3 Å². The minimum Gasteiger partial charge on any atom is -0.497 e. The Kier molecular flexibility index (Phi) is 6.02. The fourth-order valence-corrected chi connectivity index (χ4v) is 3.70. The van der Waals surface area contributed by atoms with Gasteiger partial charge in [0, 0.05) is 36.6 Å². The molecule has 0 unspecified atom stereocenters. The van der Waals surface area contributed by atoms with Crippen LogP contribution >= 0.6 is 0 Å².